The lowest BCUT2D eigenvalue weighted by molar-refractivity contribution is 0.0675. The monoisotopic (exact) mass is 393 g/mol. The Kier molecular flexibility index (Phi) is 4.60. The molecule has 0 unspecified atom stereocenters. The van der Waals surface area contributed by atoms with Gasteiger partial charge >= 0.3 is 0 Å². The second-order valence-corrected chi connectivity index (χ2v) is 8.29. The first kappa shape index (κ1) is 18.5. The number of H-pyrrole nitrogens is 1. The zero-order valence-electron chi connectivity index (χ0n) is 14.8. The van der Waals surface area contributed by atoms with Crippen LogP contribution >= 0.6 is 11.3 Å². The molecule has 1 saturated heterocycles. The Morgan fingerprint density at radius 3 is 2.86 bits per heavy atom. The van der Waals surface area contributed by atoms with Gasteiger partial charge in [0.25, 0.3) is 5.91 Å². The summed E-state index contributed by atoms with van der Waals surface area (Å²) in [6.45, 7) is 2.45. The van der Waals surface area contributed by atoms with E-state index in [1.54, 1.807) is 6.33 Å². The van der Waals surface area contributed by atoms with Crippen molar-refractivity contribution in [1.82, 2.24) is 19.9 Å². The molecule has 6 nitrogen and oxygen atoms in total. The number of rotatable bonds is 2. The second kappa shape index (κ2) is 6.95. The Morgan fingerprint density at radius 1 is 1.25 bits per heavy atom. The first-order valence-corrected chi connectivity index (χ1v) is 9.93. The van der Waals surface area contributed by atoms with Crippen LogP contribution in [0.25, 0.3) is 11.0 Å². The molecule has 1 amide bonds. The molecule has 1 spiro atoms. The molecule has 1 aliphatic heterocycles. The van der Waals surface area contributed by atoms with Crippen LogP contribution < -0.4 is 4.90 Å². The highest BCUT2D eigenvalue weighted by molar-refractivity contribution is 7.14. The van der Waals surface area contributed by atoms with Crippen molar-refractivity contribution in [2.45, 2.75) is 32.2 Å². The predicted octanol–water partition coefficient (Wildman–Crippen LogP) is 3.52. The van der Waals surface area contributed by atoms with Gasteiger partial charge in [0.1, 0.15) is 17.8 Å². The number of thiophene rings is 1. The fraction of sp³-hybridized carbons (Fsp3) is 0.381. The van der Waals surface area contributed by atoms with Crippen molar-refractivity contribution in [3.05, 3.63) is 40.5 Å². The molecule has 5 rings (SSSR count). The van der Waals surface area contributed by atoms with E-state index in [1.807, 2.05) is 24.4 Å². The first-order chi connectivity index (χ1) is 13.2. The first-order valence-electron chi connectivity index (χ1n) is 9.12. The third-order valence-corrected chi connectivity index (χ3v) is 6.54. The van der Waals surface area contributed by atoms with Crippen molar-refractivity contribution in [3.8, 4) is 12.3 Å². The average molecular weight is 394 g/mol. The van der Waals surface area contributed by atoms with Gasteiger partial charge in [-0.25, -0.2) is 9.97 Å². The lowest BCUT2D eigenvalue weighted by atomic mass is 10.2. The molecule has 1 saturated carbocycles. The Balaban J connectivity index is 0.00000192. The zero-order valence-corrected chi connectivity index (χ0v) is 15.6. The molecule has 2 fully saturated rings. The highest BCUT2D eigenvalue weighted by atomic mass is 32.1. The number of nitrogens with zero attached hydrogens (tertiary/aromatic N) is 4. The molecular formula is C21H23N5OS. The third kappa shape index (κ3) is 2.94. The van der Waals surface area contributed by atoms with Gasteiger partial charge in [0.15, 0.2) is 0 Å². The summed E-state index contributed by atoms with van der Waals surface area (Å²) in [5, 5.41) is 1.03. The fourth-order valence-electron chi connectivity index (χ4n) is 4.02. The number of carbonyl (C=O) groups is 1. The molecule has 2 aliphatic rings. The van der Waals surface area contributed by atoms with E-state index in [0.717, 1.165) is 65.5 Å². The number of fused-ring (bicyclic) bond motifs is 1. The summed E-state index contributed by atoms with van der Waals surface area (Å²) < 4.78 is 0. The molecule has 144 valence electrons. The molecule has 0 bridgehead atoms. The predicted molar refractivity (Wildman–Crippen MR) is 113 cm³/mol. The van der Waals surface area contributed by atoms with E-state index in [9.17, 15) is 4.79 Å². The molecule has 4 heterocycles. The molecule has 0 aromatic carbocycles. The van der Waals surface area contributed by atoms with Crippen molar-refractivity contribution >= 4 is 34.1 Å². The number of aromatic amines is 1. The number of carbonyl (C=O) groups excluding carboxylic acids is 1. The smallest absolute Gasteiger partial charge is 0.264 e. The van der Waals surface area contributed by atoms with Gasteiger partial charge in [-0.05, 0) is 37.5 Å². The molecular weight excluding hydrogens is 370 g/mol. The summed E-state index contributed by atoms with van der Waals surface area (Å²) in [6, 6.07) is 5.73. The van der Waals surface area contributed by atoms with Crippen LogP contribution in [0.2, 0.25) is 0 Å². The minimum atomic E-state index is -0.0958. The molecule has 7 heteroatoms. The molecule has 0 radical (unpaired) electrons. The fourth-order valence-corrected chi connectivity index (χ4v) is 4.79. The van der Waals surface area contributed by atoms with Crippen molar-refractivity contribution in [3.63, 3.8) is 0 Å². The molecule has 28 heavy (non-hydrogen) atoms. The van der Waals surface area contributed by atoms with E-state index in [2.05, 4.69) is 30.7 Å². The minimum absolute atomic E-state index is 0. The summed E-state index contributed by atoms with van der Waals surface area (Å²) in [5.74, 6) is 3.68. The van der Waals surface area contributed by atoms with Crippen LogP contribution in [-0.2, 0) is 0 Å². The largest absolute Gasteiger partial charge is 0.354 e. The Labute approximate surface area is 168 Å². The summed E-state index contributed by atoms with van der Waals surface area (Å²) in [4.78, 5) is 31.1. The van der Waals surface area contributed by atoms with Gasteiger partial charge in [-0.2, -0.15) is 0 Å². The maximum absolute atomic E-state index is 13.2. The summed E-state index contributed by atoms with van der Waals surface area (Å²) in [6.07, 6.45) is 11.9. The van der Waals surface area contributed by atoms with E-state index in [4.69, 9.17) is 6.42 Å². The number of terminal acetylenes is 1. The lowest BCUT2D eigenvalue weighted by Gasteiger charge is -2.32. The van der Waals surface area contributed by atoms with Gasteiger partial charge in [0.05, 0.1) is 20.7 Å². The Morgan fingerprint density at radius 2 is 2.11 bits per heavy atom. The van der Waals surface area contributed by atoms with E-state index < -0.39 is 0 Å². The van der Waals surface area contributed by atoms with Crippen LogP contribution in [0, 0.1) is 12.3 Å². The van der Waals surface area contributed by atoms with Crippen LogP contribution in [0.15, 0.2) is 30.7 Å². The molecule has 0 atom stereocenters. The highest BCUT2D eigenvalue weighted by Gasteiger charge is 2.52. The third-order valence-electron chi connectivity index (χ3n) is 5.53. The summed E-state index contributed by atoms with van der Waals surface area (Å²) in [5.41, 5.74) is 0.754. The van der Waals surface area contributed by atoms with E-state index in [-0.39, 0.29) is 18.9 Å². The van der Waals surface area contributed by atoms with Crippen LogP contribution in [-0.4, -0.2) is 50.9 Å². The molecule has 1 aliphatic carbocycles. The molecule has 1 N–H and O–H groups in total. The van der Waals surface area contributed by atoms with Gasteiger partial charge in [-0.1, -0.05) is 13.3 Å². The number of hydrogen-bond donors (Lipinski definition) is 1. The maximum atomic E-state index is 13.2. The SMILES string of the molecule is C.C#Cc1ccc(C(=O)N2CCCN(c3ncnc4[nH]ccc34)CC23CC3)s1. The van der Waals surface area contributed by atoms with Crippen LogP contribution in [0.1, 0.15) is 41.2 Å². The van der Waals surface area contributed by atoms with Crippen LogP contribution in [0.4, 0.5) is 5.82 Å². The Hall–Kier alpha value is -2.85. The van der Waals surface area contributed by atoms with Crippen molar-refractivity contribution < 1.29 is 4.79 Å². The number of amides is 1. The molecule has 3 aromatic rings. The van der Waals surface area contributed by atoms with Gasteiger partial charge in [-0.3, -0.25) is 4.79 Å². The quantitative estimate of drug-likeness (QED) is 0.677. The van der Waals surface area contributed by atoms with E-state index >= 15 is 0 Å². The standard InChI is InChI=1S/C20H19N5OS.CH4/c1-2-14-4-5-16(27-14)19(26)25-11-3-10-24(12-20(25)7-8-20)18-15-6-9-21-17(15)22-13-23-18;/h1,4-6,9,13H,3,7-8,10-12H2,(H,21,22,23);1H4. The Bertz CT molecular complexity index is 1060. The van der Waals surface area contributed by atoms with Gasteiger partial charge in [-0.15, -0.1) is 17.8 Å². The number of aromatic nitrogens is 3. The number of anilines is 1. The normalized spacial score (nSPS) is 17.8. The van der Waals surface area contributed by atoms with E-state index in [0.29, 0.717) is 0 Å². The number of hydrogen-bond acceptors (Lipinski definition) is 5. The topological polar surface area (TPSA) is 65.1 Å². The summed E-state index contributed by atoms with van der Waals surface area (Å²) >= 11 is 1.40. The highest BCUT2D eigenvalue weighted by Crippen LogP contribution is 2.45. The number of nitrogens with one attached hydrogen (secondary N) is 1. The van der Waals surface area contributed by atoms with Crippen LogP contribution in [0.5, 0.6) is 0 Å². The van der Waals surface area contributed by atoms with Gasteiger partial charge in [0.2, 0.25) is 0 Å². The lowest BCUT2D eigenvalue weighted by Crippen LogP contribution is -2.46. The van der Waals surface area contributed by atoms with Gasteiger partial charge in [0, 0.05) is 25.8 Å². The summed E-state index contributed by atoms with van der Waals surface area (Å²) in [7, 11) is 0. The minimum Gasteiger partial charge on any atom is -0.354 e. The van der Waals surface area contributed by atoms with Gasteiger partial charge < -0.3 is 14.8 Å². The van der Waals surface area contributed by atoms with Crippen LogP contribution in [0.3, 0.4) is 0 Å². The average Bonchev–Trinajstić information content (AvgIpc) is 3.13. The van der Waals surface area contributed by atoms with Crippen molar-refractivity contribution in [2.75, 3.05) is 24.5 Å². The van der Waals surface area contributed by atoms with E-state index in [1.165, 1.54) is 11.3 Å². The molecule has 3 aromatic heterocycles. The van der Waals surface area contributed by atoms with Crippen molar-refractivity contribution in [1.29, 1.82) is 0 Å². The second-order valence-electron chi connectivity index (χ2n) is 7.20. The maximum Gasteiger partial charge on any atom is 0.264 e. The van der Waals surface area contributed by atoms with Crippen molar-refractivity contribution in [2.24, 2.45) is 0 Å². The zero-order chi connectivity index (χ0) is 18.4.